The highest BCUT2D eigenvalue weighted by Gasteiger charge is 2.09. The van der Waals surface area contributed by atoms with Crippen LogP contribution in [0.4, 0.5) is 17.5 Å². The lowest BCUT2D eigenvalue weighted by atomic mass is 10.1. The molecule has 0 amide bonds. The third-order valence-corrected chi connectivity index (χ3v) is 4.81. The van der Waals surface area contributed by atoms with E-state index < -0.39 is 6.10 Å². The van der Waals surface area contributed by atoms with Crippen LogP contribution in [-0.4, -0.2) is 15.1 Å². The second-order valence-electron chi connectivity index (χ2n) is 7.18. The quantitative estimate of drug-likeness (QED) is 0.418. The summed E-state index contributed by atoms with van der Waals surface area (Å²) in [4.78, 5) is 9.36. The van der Waals surface area contributed by atoms with Gasteiger partial charge in [-0.1, -0.05) is 54.1 Å². The Morgan fingerprint density at radius 1 is 0.931 bits per heavy atom. The van der Waals surface area contributed by atoms with Gasteiger partial charge in [-0.2, -0.15) is 4.98 Å². The van der Waals surface area contributed by atoms with Crippen molar-refractivity contribution in [1.29, 1.82) is 0 Å². The Morgan fingerprint density at radius 2 is 1.72 bits per heavy atom. The molecule has 0 fully saturated rings. The predicted octanol–water partition coefficient (Wildman–Crippen LogP) is 5.35. The highest BCUT2D eigenvalue weighted by Crippen LogP contribution is 2.25. The molecule has 3 aromatic carbocycles. The molecule has 1 heterocycles. The molecule has 5 nitrogen and oxygen atoms in total. The van der Waals surface area contributed by atoms with E-state index >= 15 is 0 Å². The number of aliphatic hydroxyl groups is 1. The van der Waals surface area contributed by atoms with Crippen molar-refractivity contribution in [2.45, 2.75) is 26.5 Å². The molecule has 0 saturated heterocycles. The fourth-order valence-corrected chi connectivity index (χ4v) is 3.16. The van der Waals surface area contributed by atoms with Crippen LogP contribution >= 0.6 is 0 Å². The minimum absolute atomic E-state index is 0.512. The van der Waals surface area contributed by atoms with Crippen LogP contribution in [0, 0.1) is 6.92 Å². The van der Waals surface area contributed by atoms with Crippen LogP contribution in [-0.2, 0) is 6.54 Å². The predicted molar refractivity (Wildman–Crippen MR) is 118 cm³/mol. The summed E-state index contributed by atoms with van der Waals surface area (Å²) >= 11 is 0. The monoisotopic (exact) mass is 384 g/mol. The van der Waals surface area contributed by atoms with Crippen molar-refractivity contribution < 1.29 is 5.11 Å². The summed E-state index contributed by atoms with van der Waals surface area (Å²) in [6.45, 7) is 4.51. The van der Waals surface area contributed by atoms with Crippen molar-refractivity contribution in [3.05, 3.63) is 89.5 Å². The van der Waals surface area contributed by atoms with Crippen LogP contribution in [0.25, 0.3) is 10.9 Å². The number of benzene rings is 3. The fraction of sp³-hybridized carbons (Fsp3) is 0.167. The van der Waals surface area contributed by atoms with Gasteiger partial charge in [-0.25, -0.2) is 4.98 Å². The molecule has 1 unspecified atom stereocenters. The number of para-hydroxylation sites is 1. The first-order chi connectivity index (χ1) is 14.1. The summed E-state index contributed by atoms with van der Waals surface area (Å²) in [5, 5.41) is 17.5. The van der Waals surface area contributed by atoms with E-state index in [0.29, 0.717) is 12.5 Å². The van der Waals surface area contributed by atoms with Crippen molar-refractivity contribution in [1.82, 2.24) is 9.97 Å². The molecule has 0 spiro atoms. The Bertz CT molecular complexity index is 1120. The normalized spacial score (nSPS) is 12.0. The van der Waals surface area contributed by atoms with Crippen LogP contribution in [0.5, 0.6) is 0 Å². The van der Waals surface area contributed by atoms with Crippen molar-refractivity contribution in [3.63, 3.8) is 0 Å². The number of anilines is 3. The minimum Gasteiger partial charge on any atom is -0.389 e. The summed E-state index contributed by atoms with van der Waals surface area (Å²) in [5.74, 6) is 1.29. The van der Waals surface area contributed by atoms with Gasteiger partial charge in [0, 0.05) is 17.6 Å². The van der Waals surface area contributed by atoms with E-state index in [9.17, 15) is 5.11 Å². The highest BCUT2D eigenvalue weighted by atomic mass is 16.3. The molecule has 1 atom stereocenters. The van der Waals surface area contributed by atoms with Crippen molar-refractivity contribution in [2.24, 2.45) is 0 Å². The van der Waals surface area contributed by atoms with Crippen LogP contribution in [0.3, 0.4) is 0 Å². The molecule has 0 aliphatic carbocycles. The smallest absolute Gasteiger partial charge is 0.229 e. The van der Waals surface area contributed by atoms with Gasteiger partial charge in [0.15, 0.2) is 0 Å². The third kappa shape index (κ3) is 4.52. The van der Waals surface area contributed by atoms with Crippen molar-refractivity contribution >= 4 is 28.4 Å². The van der Waals surface area contributed by atoms with E-state index in [-0.39, 0.29) is 0 Å². The van der Waals surface area contributed by atoms with E-state index in [4.69, 9.17) is 4.98 Å². The van der Waals surface area contributed by atoms with Crippen LogP contribution in [0.15, 0.2) is 72.8 Å². The largest absolute Gasteiger partial charge is 0.389 e. The summed E-state index contributed by atoms with van der Waals surface area (Å²) in [6.07, 6.45) is -0.527. The molecule has 29 heavy (non-hydrogen) atoms. The van der Waals surface area contributed by atoms with Crippen LogP contribution < -0.4 is 10.6 Å². The van der Waals surface area contributed by atoms with Crippen LogP contribution in [0.2, 0.25) is 0 Å². The minimum atomic E-state index is -0.527. The summed E-state index contributed by atoms with van der Waals surface area (Å²) in [5.41, 5.74) is 4.98. The molecule has 4 aromatic rings. The fourth-order valence-electron chi connectivity index (χ4n) is 3.16. The Labute approximate surface area is 170 Å². The van der Waals surface area contributed by atoms with Gasteiger partial charge < -0.3 is 15.7 Å². The first kappa shape index (κ1) is 18.9. The van der Waals surface area contributed by atoms with E-state index in [0.717, 1.165) is 28.0 Å². The summed E-state index contributed by atoms with van der Waals surface area (Å²) in [7, 11) is 0. The van der Waals surface area contributed by atoms with Crippen LogP contribution in [0.1, 0.15) is 29.7 Å². The number of hydrogen-bond donors (Lipinski definition) is 3. The van der Waals surface area contributed by atoms with Gasteiger partial charge in [0.05, 0.1) is 11.6 Å². The molecule has 0 saturated carbocycles. The number of aromatic nitrogens is 2. The number of aryl methyl sites for hydroxylation is 1. The van der Waals surface area contributed by atoms with Gasteiger partial charge in [0.25, 0.3) is 0 Å². The number of fused-ring (bicyclic) bond motifs is 1. The summed E-state index contributed by atoms with van der Waals surface area (Å²) in [6, 6.07) is 24.0. The maximum absolute atomic E-state index is 9.83. The number of hydrogen-bond acceptors (Lipinski definition) is 5. The topological polar surface area (TPSA) is 70.1 Å². The van der Waals surface area contributed by atoms with E-state index in [1.54, 1.807) is 6.92 Å². The van der Waals surface area contributed by atoms with Gasteiger partial charge in [-0.3, -0.25) is 0 Å². The van der Waals surface area contributed by atoms with E-state index in [1.165, 1.54) is 11.1 Å². The zero-order chi connectivity index (χ0) is 20.2. The second kappa shape index (κ2) is 8.29. The number of nitrogens with zero attached hydrogens (tertiary/aromatic N) is 2. The molecular formula is C24H24N4O. The lowest BCUT2D eigenvalue weighted by Crippen LogP contribution is -2.06. The van der Waals surface area contributed by atoms with Gasteiger partial charge in [-0.15, -0.1) is 0 Å². The SMILES string of the molecule is Cc1ccc(CNc2nc(Nc3cccc(C(C)O)c3)nc3ccccc23)cc1. The van der Waals surface area contributed by atoms with Gasteiger partial charge in [0.1, 0.15) is 5.82 Å². The zero-order valence-corrected chi connectivity index (χ0v) is 16.6. The Hall–Kier alpha value is -3.44. The van der Waals surface area contributed by atoms with E-state index in [1.807, 2.05) is 48.5 Å². The zero-order valence-electron chi connectivity index (χ0n) is 16.6. The summed E-state index contributed by atoms with van der Waals surface area (Å²) < 4.78 is 0. The van der Waals surface area contributed by atoms with Gasteiger partial charge in [0.2, 0.25) is 5.95 Å². The molecule has 1 aromatic heterocycles. The maximum Gasteiger partial charge on any atom is 0.229 e. The molecule has 0 radical (unpaired) electrons. The standard InChI is InChI=1S/C24H24N4O/c1-16-10-12-18(13-11-16)15-25-23-21-8-3-4-9-22(21)27-24(28-23)26-20-7-5-6-19(14-20)17(2)29/h3-14,17,29H,15H2,1-2H3,(H2,25,26,27,28). The van der Waals surface area contributed by atoms with Gasteiger partial charge in [-0.05, 0) is 49.2 Å². The molecular weight excluding hydrogens is 360 g/mol. The average Bonchev–Trinajstić information content (AvgIpc) is 2.73. The molecule has 3 N–H and O–H groups in total. The first-order valence-electron chi connectivity index (χ1n) is 9.70. The lowest BCUT2D eigenvalue weighted by molar-refractivity contribution is 0.199. The van der Waals surface area contributed by atoms with Gasteiger partial charge >= 0.3 is 0 Å². The molecule has 5 heteroatoms. The maximum atomic E-state index is 9.83. The Morgan fingerprint density at radius 3 is 2.52 bits per heavy atom. The number of aliphatic hydroxyl groups excluding tert-OH is 1. The lowest BCUT2D eigenvalue weighted by Gasteiger charge is -2.13. The Balaban J connectivity index is 1.63. The third-order valence-electron chi connectivity index (χ3n) is 4.81. The first-order valence-corrected chi connectivity index (χ1v) is 9.70. The second-order valence-corrected chi connectivity index (χ2v) is 7.18. The van der Waals surface area contributed by atoms with Crippen molar-refractivity contribution in [3.8, 4) is 0 Å². The molecule has 146 valence electrons. The van der Waals surface area contributed by atoms with E-state index in [2.05, 4.69) is 46.8 Å². The van der Waals surface area contributed by atoms with Crippen molar-refractivity contribution in [2.75, 3.05) is 10.6 Å². The number of nitrogens with one attached hydrogen (secondary N) is 2. The molecule has 0 bridgehead atoms. The Kier molecular flexibility index (Phi) is 5.40. The molecule has 0 aliphatic heterocycles. The molecule has 4 rings (SSSR count). The average molecular weight is 384 g/mol. The molecule has 0 aliphatic rings. The number of rotatable bonds is 6. The highest BCUT2D eigenvalue weighted by molar-refractivity contribution is 5.90.